The SMILES string of the molecule is C/C=C\CCC(C)C1=CCC(COC)C(COC)C1. The van der Waals surface area contributed by atoms with Gasteiger partial charge in [-0.3, -0.25) is 0 Å². The maximum atomic E-state index is 5.39. The van der Waals surface area contributed by atoms with E-state index in [2.05, 4.69) is 32.1 Å². The minimum Gasteiger partial charge on any atom is -0.384 e. The number of ether oxygens (including phenoxy) is 2. The van der Waals surface area contributed by atoms with Gasteiger partial charge in [0.1, 0.15) is 0 Å². The van der Waals surface area contributed by atoms with E-state index in [0.717, 1.165) is 19.6 Å². The fourth-order valence-electron chi connectivity index (χ4n) is 2.98. The molecule has 0 fully saturated rings. The summed E-state index contributed by atoms with van der Waals surface area (Å²) in [5, 5.41) is 0. The van der Waals surface area contributed by atoms with Crippen molar-refractivity contribution >= 4 is 0 Å². The van der Waals surface area contributed by atoms with Gasteiger partial charge < -0.3 is 9.47 Å². The topological polar surface area (TPSA) is 18.5 Å². The molecule has 0 aliphatic heterocycles. The van der Waals surface area contributed by atoms with Crippen molar-refractivity contribution in [3.05, 3.63) is 23.8 Å². The Morgan fingerprint density at radius 3 is 2.58 bits per heavy atom. The molecule has 1 aliphatic carbocycles. The van der Waals surface area contributed by atoms with Gasteiger partial charge in [-0.1, -0.05) is 30.7 Å². The van der Waals surface area contributed by atoms with Gasteiger partial charge in [-0.25, -0.2) is 0 Å². The molecule has 3 atom stereocenters. The highest BCUT2D eigenvalue weighted by Gasteiger charge is 2.27. The first-order valence-electron chi connectivity index (χ1n) is 7.50. The summed E-state index contributed by atoms with van der Waals surface area (Å²) in [5.41, 5.74) is 1.62. The van der Waals surface area contributed by atoms with Crippen LogP contribution in [0.3, 0.4) is 0 Å². The summed E-state index contributed by atoms with van der Waals surface area (Å²) < 4.78 is 10.7. The minimum atomic E-state index is 0.620. The first-order chi connectivity index (χ1) is 9.22. The van der Waals surface area contributed by atoms with Crippen LogP contribution in [0.4, 0.5) is 0 Å². The summed E-state index contributed by atoms with van der Waals surface area (Å²) in [4.78, 5) is 0. The second-order valence-electron chi connectivity index (χ2n) is 5.70. The molecule has 3 unspecified atom stereocenters. The molecule has 0 aromatic heterocycles. The molecule has 0 aromatic carbocycles. The van der Waals surface area contributed by atoms with Crippen LogP contribution in [0.1, 0.15) is 39.5 Å². The van der Waals surface area contributed by atoms with Crippen molar-refractivity contribution in [1.29, 1.82) is 0 Å². The molecule has 0 aromatic rings. The van der Waals surface area contributed by atoms with Gasteiger partial charge >= 0.3 is 0 Å². The molecule has 0 bridgehead atoms. The number of allylic oxidation sites excluding steroid dienone is 4. The summed E-state index contributed by atoms with van der Waals surface area (Å²) in [6, 6.07) is 0. The molecular formula is C17H30O2. The Hall–Kier alpha value is -0.600. The molecule has 1 aliphatic rings. The molecular weight excluding hydrogens is 236 g/mol. The third kappa shape index (κ3) is 5.50. The summed E-state index contributed by atoms with van der Waals surface area (Å²) in [6.45, 7) is 6.15. The van der Waals surface area contributed by atoms with Crippen molar-refractivity contribution in [3.63, 3.8) is 0 Å². The molecule has 1 rings (SSSR count). The molecule has 0 saturated carbocycles. The molecule has 0 amide bonds. The third-order valence-electron chi connectivity index (χ3n) is 4.24. The van der Waals surface area contributed by atoms with Gasteiger partial charge in [0.25, 0.3) is 0 Å². The van der Waals surface area contributed by atoms with Gasteiger partial charge in [0.05, 0.1) is 0 Å². The fraction of sp³-hybridized carbons (Fsp3) is 0.765. The fourth-order valence-corrected chi connectivity index (χ4v) is 2.98. The largest absolute Gasteiger partial charge is 0.384 e. The lowest BCUT2D eigenvalue weighted by molar-refractivity contribution is 0.0654. The Bertz CT molecular complexity index is 294. The summed E-state index contributed by atoms with van der Waals surface area (Å²) in [6.07, 6.45) is 11.6. The van der Waals surface area contributed by atoms with Gasteiger partial charge in [-0.15, -0.1) is 0 Å². The lowest BCUT2D eigenvalue weighted by Crippen LogP contribution is -2.28. The van der Waals surface area contributed by atoms with Crippen LogP contribution in [0, 0.1) is 17.8 Å². The number of hydrogen-bond donors (Lipinski definition) is 0. The Morgan fingerprint density at radius 1 is 1.26 bits per heavy atom. The number of rotatable bonds is 8. The second kappa shape index (κ2) is 9.33. The molecule has 0 heterocycles. The maximum Gasteiger partial charge on any atom is 0.0497 e. The van der Waals surface area contributed by atoms with E-state index in [9.17, 15) is 0 Å². The van der Waals surface area contributed by atoms with E-state index in [0.29, 0.717) is 17.8 Å². The number of methoxy groups -OCH3 is 2. The predicted octanol–water partition coefficient (Wildman–Crippen LogP) is 4.22. The standard InChI is InChI=1S/C17H30O2/c1-5-6-7-8-14(2)15-9-10-16(12-18-3)17(11-15)13-19-4/h5-6,9,14,16-17H,7-8,10-13H2,1-4H3/b6-5-. The molecule has 110 valence electrons. The Balaban J connectivity index is 2.55. The average Bonchev–Trinajstić information content (AvgIpc) is 2.41. The third-order valence-corrected chi connectivity index (χ3v) is 4.24. The maximum absolute atomic E-state index is 5.39. The zero-order valence-corrected chi connectivity index (χ0v) is 13.0. The molecule has 0 N–H and O–H groups in total. The lowest BCUT2D eigenvalue weighted by Gasteiger charge is -2.32. The summed E-state index contributed by atoms with van der Waals surface area (Å²) in [5.74, 6) is 1.93. The smallest absolute Gasteiger partial charge is 0.0497 e. The Kier molecular flexibility index (Phi) is 8.08. The zero-order chi connectivity index (χ0) is 14.1. The molecule has 2 nitrogen and oxygen atoms in total. The lowest BCUT2D eigenvalue weighted by atomic mass is 9.76. The molecule has 0 saturated heterocycles. The van der Waals surface area contributed by atoms with E-state index >= 15 is 0 Å². The van der Waals surface area contributed by atoms with E-state index in [1.54, 1.807) is 19.8 Å². The van der Waals surface area contributed by atoms with Crippen molar-refractivity contribution in [3.8, 4) is 0 Å². The minimum absolute atomic E-state index is 0.620. The predicted molar refractivity (Wildman–Crippen MR) is 81.3 cm³/mol. The van der Waals surface area contributed by atoms with Gasteiger partial charge in [0.15, 0.2) is 0 Å². The zero-order valence-electron chi connectivity index (χ0n) is 13.0. The number of hydrogen-bond acceptors (Lipinski definition) is 2. The van der Waals surface area contributed by atoms with Crippen LogP contribution < -0.4 is 0 Å². The van der Waals surface area contributed by atoms with E-state index in [4.69, 9.17) is 9.47 Å². The van der Waals surface area contributed by atoms with Crippen molar-refractivity contribution in [2.24, 2.45) is 17.8 Å². The van der Waals surface area contributed by atoms with Crippen LogP contribution in [0.5, 0.6) is 0 Å². The highest BCUT2D eigenvalue weighted by atomic mass is 16.5. The van der Waals surface area contributed by atoms with Crippen molar-refractivity contribution < 1.29 is 9.47 Å². The van der Waals surface area contributed by atoms with E-state index in [-0.39, 0.29) is 0 Å². The van der Waals surface area contributed by atoms with Crippen LogP contribution in [0.15, 0.2) is 23.8 Å². The summed E-state index contributed by atoms with van der Waals surface area (Å²) in [7, 11) is 3.60. The van der Waals surface area contributed by atoms with Crippen LogP contribution in [-0.2, 0) is 9.47 Å². The van der Waals surface area contributed by atoms with Gasteiger partial charge in [0.2, 0.25) is 0 Å². The molecule has 19 heavy (non-hydrogen) atoms. The van der Waals surface area contributed by atoms with Gasteiger partial charge in [0, 0.05) is 27.4 Å². The van der Waals surface area contributed by atoms with Gasteiger partial charge in [-0.05, 0) is 50.4 Å². The highest BCUT2D eigenvalue weighted by molar-refractivity contribution is 5.12. The first-order valence-corrected chi connectivity index (χ1v) is 7.50. The normalized spacial score (nSPS) is 25.6. The average molecular weight is 266 g/mol. The van der Waals surface area contributed by atoms with Crippen LogP contribution >= 0.6 is 0 Å². The van der Waals surface area contributed by atoms with Crippen LogP contribution in [0.25, 0.3) is 0 Å². The molecule has 0 spiro atoms. The first kappa shape index (κ1) is 16.5. The van der Waals surface area contributed by atoms with Crippen molar-refractivity contribution in [2.75, 3.05) is 27.4 Å². The van der Waals surface area contributed by atoms with Gasteiger partial charge in [-0.2, -0.15) is 0 Å². The second-order valence-corrected chi connectivity index (χ2v) is 5.70. The quantitative estimate of drug-likeness (QED) is 0.612. The van der Waals surface area contributed by atoms with E-state index in [1.807, 2.05) is 0 Å². The molecule has 0 radical (unpaired) electrons. The van der Waals surface area contributed by atoms with Crippen LogP contribution in [0.2, 0.25) is 0 Å². The summed E-state index contributed by atoms with van der Waals surface area (Å²) >= 11 is 0. The van der Waals surface area contributed by atoms with E-state index < -0.39 is 0 Å². The molecule has 2 heteroatoms. The van der Waals surface area contributed by atoms with Crippen LogP contribution in [-0.4, -0.2) is 27.4 Å². The Morgan fingerprint density at radius 2 is 1.95 bits per heavy atom. The monoisotopic (exact) mass is 266 g/mol. The van der Waals surface area contributed by atoms with Crippen molar-refractivity contribution in [1.82, 2.24) is 0 Å². The Labute approximate surface area is 118 Å². The van der Waals surface area contributed by atoms with Crippen molar-refractivity contribution in [2.45, 2.75) is 39.5 Å². The van der Waals surface area contributed by atoms with E-state index in [1.165, 1.54) is 19.3 Å². The highest BCUT2D eigenvalue weighted by Crippen LogP contribution is 2.35.